The molecule has 23 heavy (non-hydrogen) atoms. The molecule has 1 saturated heterocycles. The summed E-state index contributed by atoms with van der Waals surface area (Å²) >= 11 is 0. The maximum absolute atomic E-state index is 12.0. The number of benzene rings is 1. The van der Waals surface area contributed by atoms with E-state index in [0.29, 0.717) is 25.4 Å². The van der Waals surface area contributed by atoms with Crippen LogP contribution in [0.1, 0.15) is 25.3 Å². The normalized spacial score (nSPS) is 15.7. The molecule has 0 spiro atoms. The Morgan fingerprint density at radius 3 is 2.52 bits per heavy atom. The molecule has 0 saturated carbocycles. The highest BCUT2D eigenvalue weighted by atomic mass is 16.6. The third-order valence-electron chi connectivity index (χ3n) is 4.16. The number of rotatable bonds is 7. The van der Waals surface area contributed by atoms with Crippen LogP contribution < -0.4 is 9.47 Å². The van der Waals surface area contributed by atoms with Gasteiger partial charge in [-0.2, -0.15) is 0 Å². The molecular formula is C17H25NO5. The molecule has 1 aromatic rings. The van der Waals surface area contributed by atoms with Gasteiger partial charge in [0.15, 0.2) is 0 Å². The van der Waals surface area contributed by atoms with Gasteiger partial charge < -0.3 is 23.8 Å². The van der Waals surface area contributed by atoms with Gasteiger partial charge in [-0.1, -0.05) is 13.3 Å². The lowest BCUT2D eigenvalue weighted by atomic mass is 9.85. The minimum Gasteiger partial charge on any atom is -0.497 e. The van der Waals surface area contributed by atoms with Crippen LogP contribution in [0.25, 0.3) is 0 Å². The van der Waals surface area contributed by atoms with Gasteiger partial charge in [0, 0.05) is 12.7 Å². The summed E-state index contributed by atoms with van der Waals surface area (Å²) in [6.45, 7) is 3.37. The zero-order valence-electron chi connectivity index (χ0n) is 14.3. The molecule has 0 aromatic heterocycles. The number of carbonyl (C=O) groups excluding carboxylic acids is 1. The Bertz CT molecular complexity index is 540. The highest BCUT2D eigenvalue weighted by Gasteiger charge is 2.49. The summed E-state index contributed by atoms with van der Waals surface area (Å²) in [6.07, 6.45) is 1.57. The number of ether oxygens (including phenoxy) is 4. The van der Waals surface area contributed by atoms with E-state index in [2.05, 4.69) is 6.92 Å². The summed E-state index contributed by atoms with van der Waals surface area (Å²) in [5, 5.41) is 0. The van der Waals surface area contributed by atoms with E-state index in [-0.39, 0.29) is 6.09 Å². The standard InChI is InChI=1S/C17H25NO5/c1-5-6-9-23-16(19)18-11-17(12-18,22-4)14-10-13(20-2)7-8-15(14)21-3/h7-8,10H,5-6,9,11-12H2,1-4H3. The zero-order valence-corrected chi connectivity index (χ0v) is 14.3. The van der Waals surface area contributed by atoms with Crippen molar-refractivity contribution in [1.82, 2.24) is 4.90 Å². The largest absolute Gasteiger partial charge is 0.497 e. The number of methoxy groups -OCH3 is 3. The monoisotopic (exact) mass is 323 g/mol. The van der Waals surface area contributed by atoms with Gasteiger partial charge in [-0.15, -0.1) is 0 Å². The highest BCUT2D eigenvalue weighted by molar-refractivity contribution is 5.69. The van der Waals surface area contributed by atoms with Gasteiger partial charge in [-0.05, 0) is 24.6 Å². The molecule has 1 aromatic carbocycles. The van der Waals surface area contributed by atoms with Crippen molar-refractivity contribution >= 4 is 6.09 Å². The molecule has 6 heteroatoms. The quantitative estimate of drug-likeness (QED) is 0.722. The van der Waals surface area contributed by atoms with Crippen molar-refractivity contribution in [3.63, 3.8) is 0 Å². The van der Waals surface area contributed by atoms with E-state index in [4.69, 9.17) is 18.9 Å². The molecule has 0 aliphatic carbocycles. The van der Waals surface area contributed by atoms with Crippen LogP contribution in [-0.2, 0) is 15.1 Å². The third-order valence-corrected chi connectivity index (χ3v) is 4.16. The van der Waals surface area contributed by atoms with Crippen molar-refractivity contribution in [1.29, 1.82) is 0 Å². The number of hydrogen-bond donors (Lipinski definition) is 0. The fraction of sp³-hybridized carbons (Fsp3) is 0.588. The van der Waals surface area contributed by atoms with E-state index in [1.807, 2.05) is 18.2 Å². The summed E-state index contributed by atoms with van der Waals surface area (Å²) in [4.78, 5) is 13.6. The van der Waals surface area contributed by atoms with Crippen LogP contribution in [-0.4, -0.2) is 52.0 Å². The fourth-order valence-corrected chi connectivity index (χ4v) is 2.67. The van der Waals surface area contributed by atoms with Crippen molar-refractivity contribution in [2.24, 2.45) is 0 Å². The second kappa shape index (κ2) is 7.55. The Hall–Kier alpha value is -1.95. The number of hydrogen-bond acceptors (Lipinski definition) is 5. The molecule has 6 nitrogen and oxygen atoms in total. The molecule has 0 radical (unpaired) electrons. The molecule has 0 N–H and O–H groups in total. The number of carbonyl (C=O) groups is 1. The van der Waals surface area contributed by atoms with Crippen LogP contribution in [0, 0.1) is 0 Å². The number of unbranched alkanes of at least 4 members (excludes halogenated alkanes) is 1. The second-order valence-electron chi connectivity index (χ2n) is 5.59. The topological polar surface area (TPSA) is 57.2 Å². The predicted molar refractivity (Wildman–Crippen MR) is 86.1 cm³/mol. The molecule has 1 aliphatic heterocycles. The minimum atomic E-state index is -0.594. The van der Waals surface area contributed by atoms with E-state index in [0.717, 1.165) is 24.2 Å². The molecule has 0 unspecified atom stereocenters. The first kappa shape index (κ1) is 17.4. The number of amides is 1. The first-order valence-corrected chi connectivity index (χ1v) is 7.79. The Morgan fingerprint density at radius 2 is 1.96 bits per heavy atom. The van der Waals surface area contributed by atoms with Gasteiger partial charge in [0.2, 0.25) is 0 Å². The van der Waals surface area contributed by atoms with E-state index in [1.165, 1.54) is 0 Å². The Kier molecular flexibility index (Phi) is 5.71. The average molecular weight is 323 g/mol. The molecule has 2 rings (SSSR count). The maximum Gasteiger partial charge on any atom is 0.409 e. The van der Waals surface area contributed by atoms with Gasteiger partial charge in [0.05, 0.1) is 33.9 Å². The molecule has 128 valence electrons. The van der Waals surface area contributed by atoms with E-state index in [1.54, 1.807) is 26.2 Å². The van der Waals surface area contributed by atoms with Crippen LogP contribution in [0.5, 0.6) is 11.5 Å². The van der Waals surface area contributed by atoms with Crippen molar-refractivity contribution in [2.75, 3.05) is 41.0 Å². The third kappa shape index (κ3) is 3.52. The van der Waals surface area contributed by atoms with Gasteiger partial charge in [-0.3, -0.25) is 0 Å². The fourth-order valence-electron chi connectivity index (χ4n) is 2.67. The van der Waals surface area contributed by atoms with E-state index < -0.39 is 5.60 Å². The predicted octanol–water partition coefficient (Wildman–Crippen LogP) is 2.80. The van der Waals surface area contributed by atoms with Crippen LogP contribution in [0.4, 0.5) is 4.79 Å². The van der Waals surface area contributed by atoms with Crippen molar-refractivity contribution in [3.8, 4) is 11.5 Å². The average Bonchev–Trinajstić information content (AvgIpc) is 2.54. The van der Waals surface area contributed by atoms with Crippen LogP contribution >= 0.6 is 0 Å². The summed E-state index contributed by atoms with van der Waals surface area (Å²) in [6, 6.07) is 5.57. The molecule has 0 atom stereocenters. The maximum atomic E-state index is 12.0. The highest BCUT2D eigenvalue weighted by Crippen LogP contribution is 2.42. The summed E-state index contributed by atoms with van der Waals surface area (Å²) in [7, 11) is 4.87. The molecular weight excluding hydrogens is 298 g/mol. The van der Waals surface area contributed by atoms with Crippen molar-refractivity contribution in [3.05, 3.63) is 23.8 Å². The molecule has 1 aliphatic rings. The number of nitrogens with zero attached hydrogens (tertiary/aromatic N) is 1. The first-order chi connectivity index (χ1) is 11.1. The van der Waals surface area contributed by atoms with Crippen LogP contribution in [0.15, 0.2) is 18.2 Å². The molecule has 1 amide bonds. The summed E-state index contributed by atoms with van der Waals surface area (Å²) in [5.74, 6) is 1.44. The van der Waals surface area contributed by atoms with Crippen LogP contribution in [0.2, 0.25) is 0 Å². The first-order valence-electron chi connectivity index (χ1n) is 7.79. The second-order valence-corrected chi connectivity index (χ2v) is 5.59. The van der Waals surface area contributed by atoms with Gasteiger partial charge in [-0.25, -0.2) is 4.79 Å². The minimum absolute atomic E-state index is 0.298. The Morgan fingerprint density at radius 1 is 1.22 bits per heavy atom. The van der Waals surface area contributed by atoms with E-state index >= 15 is 0 Å². The Labute approximate surface area is 137 Å². The lowest BCUT2D eigenvalue weighted by molar-refractivity contribution is -0.121. The number of likely N-dealkylation sites (tertiary alicyclic amines) is 1. The summed E-state index contributed by atoms with van der Waals surface area (Å²) < 4.78 is 21.7. The molecule has 1 fully saturated rings. The van der Waals surface area contributed by atoms with E-state index in [9.17, 15) is 4.79 Å². The lowest BCUT2D eigenvalue weighted by Gasteiger charge is -2.48. The molecule has 1 heterocycles. The lowest BCUT2D eigenvalue weighted by Crippen LogP contribution is -2.62. The van der Waals surface area contributed by atoms with Gasteiger partial charge in [0.25, 0.3) is 0 Å². The zero-order chi connectivity index (χ0) is 16.9. The van der Waals surface area contributed by atoms with Crippen molar-refractivity contribution in [2.45, 2.75) is 25.4 Å². The van der Waals surface area contributed by atoms with Gasteiger partial charge in [0.1, 0.15) is 17.1 Å². The van der Waals surface area contributed by atoms with Gasteiger partial charge >= 0.3 is 6.09 Å². The van der Waals surface area contributed by atoms with Crippen molar-refractivity contribution < 1.29 is 23.7 Å². The van der Waals surface area contributed by atoms with Crippen LogP contribution in [0.3, 0.4) is 0 Å². The SMILES string of the molecule is CCCCOC(=O)N1CC(OC)(c2cc(OC)ccc2OC)C1. The Balaban J connectivity index is 2.11. The molecule has 0 bridgehead atoms. The smallest absolute Gasteiger partial charge is 0.409 e. The summed E-state index contributed by atoms with van der Waals surface area (Å²) in [5.41, 5.74) is 0.281.